The van der Waals surface area contributed by atoms with Gasteiger partial charge in [0.25, 0.3) is 0 Å². The van der Waals surface area contributed by atoms with Crippen molar-refractivity contribution < 1.29 is 4.74 Å². The molecule has 0 aliphatic carbocycles. The van der Waals surface area contributed by atoms with E-state index in [-0.39, 0.29) is 0 Å². The molecule has 1 rings (SSSR count). The molecule has 0 heterocycles. The molecule has 0 amide bonds. The molecule has 0 saturated carbocycles. The summed E-state index contributed by atoms with van der Waals surface area (Å²) in [5.41, 5.74) is 1.14. The highest BCUT2D eigenvalue weighted by Gasteiger charge is 1.98. The topological polar surface area (TPSA) is 21.3 Å². The molecule has 2 nitrogen and oxygen atoms in total. The predicted octanol–water partition coefficient (Wildman–Crippen LogP) is 2.71. The third kappa shape index (κ3) is 4.17. The average molecular weight is 205 g/mol. The fourth-order valence-electron chi connectivity index (χ4n) is 1.34. The summed E-state index contributed by atoms with van der Waals surface area (Å²) in [4.78, 5) is 0. The van der Waals surface area contributed by atoms with Crippen LogP contribution in [-0.4, -0.2) is 19.7 Å². The van der Waals surface area contributed by atoms with E-state index >= 15 is 0 Å². The van der Waals surface area contributed by atoms with Crippen molar-refractivity contribution in [3.05, 3.63) is 35.9 Å². The smallest absolute Gasteiger partial charge is 0.126 e. The van der Waals surface area contributed by atoms with Crippen molar-refractivity contribution in [3.63, 3.8) is 0 Å². The number of benzene rings is 1. The zero-order valence-corrected chi connectivity index (χ0v) is 9.49. The lowest BCUT2D eigenvalue weighted by Crippen LogP contribution is -2.20. The summed E-state index contributed by atoms with van der Waals surface area (Å²) < 4.78 is 5.68. The summed E-state index contributed by atoms with van der Waals surface area (Å²) in [5, 5.41) is 3.23. The van der Waals surface area contributed by atoms with E-state index in [1.807, 2.05) is 31.2 Å². The van der Waals surface area contributed by atoms with Gasteiger partial charge >= 0.3 is 0 Å². The third-order valence-corrected chi connectivity index (χ3v) is 2.05. The Bertz CT molecular complexity index is 307. The normalized spacial score (nSPS) is 10.8. The standard InChI is InChI=1S/C13H19NO/c1-3-7-12-8-5-6-9-13(12)15-11-10-14-4-2/h3,5-9,14H,4,10-11H2,1-2H3. The summed E-state index contributed by atoms with van der Waals surface area (Å²) >= 11 is 0. The fraction of sp³-hybridized carbons (Fsp3) is 0.385. The zero-order chi connectivity index (χ0) is 10.9. The van der Waals surface area contributed by atoms with Crippen molar-refractivity contribution in [2.24, 2.45) is 0 Å². The lowest BCUT2D eigenvalue weighted by atomic mass is 10.2. The largest absolute Gasteiger partial charge is 0.492 e. The number of ether oxygens (including phenoxy) is 1. The second-order valence-electron chi connectivity index (χ2n) is 3.24. The highest BCUT2D eigenvalue weighted by atomic mass is 16.5. The Kier molecular flexibility index (Phi) is 5.56. The Hall–Kier alpha value is -1.28. The first-order valence-corrected chi connectivity index (χ1v) is 5.43. The average Bonchev–Trinajstić information content (AvgIpc) is 2.27. The number of para-hydroxylation sites is 1. The minimum Gasteiger partial charge on any atom is -0.492 e. The van der Waals surface area contributed by atoms with Crippen LogP contribution in [0.1, 0.15) is 19.4 Å². The zero-order valence-electron chi connectivity index (χ0n) is 9.49. The van der Waals surface area contributed by atoms with Crippen LogP contribution in [0.25, 0.3) is 6.08 Å². The molecule has 2 heteroatoms. The fourth-order valence-corrected chi connectivity index (χ4v) is 1.34. The molecular formula is C13H19NO. The van der Waals surface area contributed by atoms with Crippen molar-refractivity contribution >= 4 is 6.08 Å². The van der Waals surface area contributed by atoms with E-state index in [9.17, 15) is 0 Å². The molecule has 0 aromatic heterocycles. The monoisotopic (exact) mass is 205 g/mol. The lowest BCUT2D eigenvalue weighted by Gasteiger charge is -2.09. The molecule has 1 aromatic rings. The highest BCUT2D eigenvalue weighted by Crippen LogP contribution is 2.18. The molecule has 0 aliphatic rings. The van der Waals surface area contributed by atoms with Crippen LogP contribution < -0.4 is 10.1 Å². The van der Waals surface area contributed by atoms with Gasteiger partial charge in [0.1, 0.15) is 12.4 Å². The maximum absolute atomic E-state index is 5.68. The molecular weight excluding hydrogens is 186 g/mol. The number of rotatable bonds is 6. The Labute approximate surface area is 92.0 Å². The van der Waals surface area contributed by atoms with Gasteiger partial charge < -0.3 is 10.1 Å². The maximum atomic E-state index is 5.68. The van der Waals surface area contributed by atoms with Gasteiger partial charge in [0.15, 0.2) is 0 Å². The second-order valence-corrected chi connectivity index (χ2v) is 3.24. The molecule has 82 valence electrons. The molecule has 0 bridgehead atoms. The van der Waals surface area contributed by atoms with Gasteiger partial charge in [-0.2, -0.15) is 0 Å². The van der Waals surface area contributed by atoms with Gasteiger partial charge in [-0.05, 0) is 19.5 Å². The molecule has 1 N–H and O–H groups in total. The van der Waals surface area contributed by atoms with Crippen LogP contribution in [0.5, 0.6) is 5.75 Å². The molecule has 0 aliphatic heterocycles. The van der Waals surface area contributed by atoms with Crippen LogP contribution in [0, 0.1) is 0 Å². The minimum atomic E-state index is 0.711. The van der Waals surface area contributed by atoms with Gasteiger partial charge in [-0.15, -0.1) is 0 Å². The SMILES string of the molecule is CC=Cc1ccccc1OCCNCC. The predicted molar refractivity (Wildman–Crippen MR) is 65.2 cm³/mol. The van der Waals surface area contributed by atoms with Crippen LogP contribution >= 0.6 is 0 Å². The number of allylic oxidation sites excluding steroid dienone is 1. The summed E-state index contributed by atoms with van der Waals surface area (Å²) in [6.45, 7) is 6.69. The molecule has 0 radical (unpaired) electrons. The van der Waals surface area contributed by atoms with E-state index in [1.54, 1.807) is 0 Å². The summed E-state index contributed by atoms with van der Waals surface area (Å²) in [6.07, 6.45) is 4.08. The molecule has 0 atom stereocenters. The summed E-state index contributed by atoms with van der Waals surface area (Å²) in [7, 11) is 0. The van der Waals surface area contributed by atoms with Crippen molar-refractivity contribution in [3.8, 4) is 5.75 Å². The van der Waals surface area contributed by atoms with Crippen LogP contribution in [-0.2, 0) is 0 Å². The Morgan fingerprint density at radius 2 is 2.13 bits per heavy atom. The second kappa shape index (κ2) is 7.07. The van der Waals surface area contributed by atoms with Gasteiger partial charge in [-0.1, -0.05) is 37.3 Å². The summed E-state index contributed by atoms with van der Waals surface area (Å²) in [5.74, 6) is 0.952. The van der Waals surface area contributed by atoms with E-state index < -0.39 is 0 Å². The quantitative estimate of drug-likeness (QED) is 0.721. The van der Waals surface area contributed by atoms with Crippen LogP contribution in [0.3, 0.4) is 0 Å². The minimum absolute atomic E-state index is 0.711. The van der Waals surface area contributed by atoms with E-state index in [2.05, 4.69) is 24.4 Å². The van der Waals surface area contributed by atoms with Crippen molar-refractivity contribution in [1.29, 1.82) is 0 Å². The van der Waals surface area contributed by atoms with E-state index in [1.165, 1.54) is 0 Å². The molecule has 0 unspecified atom stereocenters. The molecule has 0 saturated heterocycles. The van der Waals surface area contributed by atoms with E-state index in [0.29, 0.717) is 6.61 Å². The van der Waals surface area contributed by atoms with Crippen LogP contribution in [0.2, 0.25) is 0 Å². The van der Waals surface area contributed by atoms with Crippen molar-refractivity contribution in [2.75, 3.05) is 19.7 Å². The first-order chi connectivity index (χ1) is 7.38. The first-order valence-electron chi connectivity index (χ1n) is 5.43. The van der Waals surface area contributed by atoms with Crippen LogP contribution in [0.4, 0.5) is 0 Å². The van der Waals surface area contributed by atoms with E-state index in [4.69, 9.17) is 4.74 Å². The summed E-state index contributed by atoms with van der Waals surface area (Å²) in [6, 6.07) is 8.08. The number of likely N-dealkylation sites (N-methyl/N-ethyl adjacent to an activating group) is 1. The van der Waals surface area contributed by atoms with Gasteiger partial charge in [0, 0.05) is 12.1 Å². The lowest BCUT2D eigenvalue weighted by molar-refractivity contribution is 0.315. The van der Waals surface area contributed by atoms with Gasteiger partial charge in [-0.25, -0.2) is 0 Å². The van der Waals surface area contributed by atoms with Crippen molar-refractivity contribution in [2.45, 2.75) is 13.8 Å². The maximum Gasteiger partial charge on any atom is 0.126 e. The third-order valence-electron chi connectivity index (χ3n) is 2.05. The molecule has 0 fully saturated rings. The number of nitrogens with one attached hydrogen (secondary N) is 1. The molecule has 1 aromatic carbocycles. The number of hydrogen-bond donors (Lipinski definition) is 1. The first kappa shape index (κ1) is 11.8. The van der Waals surface area contributed by atoms with E-state index in [0.717, 1.165) is 24.4 Å². The van der Waals surface area contributed by atoms with Crippen molar-refractivity contribution in [1.82, 2.24) is 5.32 Å². The Morgan fingerprint density at radius 3 is 2.87 bits per heavy atom. The van der Waals surface area contributed by atoms with Gasteiger partial charge in [0.2, 0.25) is 0 Å². The van der Waals surface area contributed by atoms with Crippen LogP contribution in [0.15, 0.2) is 30.3 Å². The van der Waals surface area contributed by atoms with Gasteiger partial charge in [-0.3, -0.25) is 0 Å². The Balaban J connectivity index is 2.51. The molecule has 0 spiro atoms. The highest BCUT2D eigenvalue weighted by molar-refractivity contribution is 5.56. The Morgan fingerprint density at radius 1 is 1.33 bits per heavy atom. The number of hydrogen-bond acceptors (Lipinski definition) is 2. The van der Waals surface area contributed by atoms with Gasteiger partial charge in [0.05, 0.1) is 0 Å². The molecule has 15 heavy (non-hydrogen) atoms.